The maximum absolute atomic E-state index is 12.6. The van der Waals surface area contributed by atoms with Crippen molar-refractivity contribution in [3.8, 4) is 0 Å². The van der Waals surface area contributed by atoms with Crippen LogP contribution in [0.2, 0.25) is 5.02 Å². The van der Waals surface area contributed by atoms with Crippen LogP contribution in [0.25, 0.3) is 0 Å². The maximum Gasteiger partial charge on any atom is 0.416 e. The smallest absolute Gasteiger partial charge is 0.382 e. The van der Waals surface area contributed by atoms with Crippen molar-refractivity contribution in [3.63, 3.8) is 0 Å². The maximum atomic E-state index is 12.6. The Morgan fingerprint density at radius 1 is 1.24 bits per heavy atom. The first-order valence-corrected chi connectivity index (χ1v) is 5.91. The predicted molar refractivity (Wildman–Crippen MR) is 70.9 cm³/mol. The first-order valence-electron chi connectivity index (χ1n) is 5.53. The number of benzene rings is 1. The highest BCUT2D eigenvalue weighted by molar-refractivity contribution is 6.33. The summed E-state index contributed by atoms with van der Waals surface area (Å²) in [7, 11) is 0. The van der Waals surface area contributed by atoms with Gasteiger partial charge in [-0.1, -0.05) is 11.6 Å². The van der Waals surface area contributed by atoms with Crippen molar-refractivity contribution >= 4 is 29.0 Å². The summed E-state index contributed by atoms with van der Waals surface area (Å²) in [5.74, 6) is -0.632. The van der Waals surface area contributed by atoms with Crippen molar-refractivity contribution in [2.45, 2.75) is 6.18 Å². The van der Waals surface area contributed by atoms with Crippen molar-refractivity contribution in [3.05, 3.63) is 46.9 Å². The molecule has 0 unspecified atom stereocenters. The van der Waals surface area contributed by atoms with Crippen LogP contribution in [0.5, 0.6) is 0 Å². The van der Waals surface area contributed by atoms with Crippen LogP contribution >= 0.6 is 11.6 Å². The molecule has 0 atom stereocenters. The Labute approximate surface area is 122 Å². The molecule has 21 heavy (non-hydrogen) atoms. The van der Waals surface area contributed by atoms with E-state index in [9.17, 15) is 18.0 Å². The quantitative estimate of drug-likeness (QED) is 0.892. The summed E-state index contributed by atoms with van der Waals surface area (Å²) in [5, 5.41) is 2.22. The number of alkyl halides is 3. The molecule has 0 aliphatic carbocycles. The van der Waals surface area contributed by atoms with Crippen LogP contribution in [0.4, 0.5) is 24.7 Å². The molecular formula is C12H8ClF3N4O. The molecule has 0 aliphatic rings. The van der Waals surface area contributed by atoms with E-state index in [2.05, 4.69) is 15.3 Å². The fourth-order valence-corrected chi connectivity index (χ4v) is 1.60. The molecule has 1 aromatic carbocycles. The fourth-order valence-electron chi connectivity index (χ4n) is 1.44. The minimum atomic E-state index is -4.54. The number of nitrogens with zero attached hydrogens (tertiary/aromatic N) is 2. The van der Waals surface area contributed by atoms with Crippen molar-refractivity contribution in [2.75, 3.05) is 11.1 Å². The van der Waals surface area contributed by atoms with Gasteiger partial charge in [-0.2, -0.15) is 13.2 Å². The van der Waals surface area contributed by atoms with Crippen LogP contribution in [0, 0.1) is 0 Å². The Kier molecular flexibility index (Phi) is 3.99. The number of hydrogen-bond donors (Lipinski definition) is 2. The summed E-state index contributed by atoms with van der Waals surface area (Å²) in [4.78, 5) is 19.2. The molecule has 3 N–H and O–H groups in total. The first-order chi connectivity index (χ1) is 9.77. The zero-order chi connectivity index (χ0) is 15.6. The van der Waals surface area contributed by atoms with Gasteiger partial charge in [0, 0.05) is 0 Å². The first kappa shape index (κ1) is 15.0. The van der Waals surface area contributed by atoms with Gasteiger partial charge < -0.3 is 11.1 Å². The Bertz CT molecular complexity index is 673. The number of amides is 1. The molecule has 5 nitrogen and oxygen atoms in total. The molecule has 0 aliphatic heterocycles. The largest absolute Gasteiger partial charge is 0.416 e. The lowest BCUT2D eigenvalue weighted by atomic mass is 10.2. The van der Waals surface area contributed by atoms with Gasteiger partial charge in [-0.3, -0.25) is 4.79 Å². The zero-order valence-electron chi connectivity index (χ0n) is 10.3. The third-order valence-electron chi connectivity index (χ3n) is 2.45. The molecule has 2 rings (SSSR count). The number of anilines is 2. The zero-order valence-corrected chi connectivity index (χ0v) is 11.0. The third kappa shape index (κ3) is 3.60. The molecule has 2 aromatic rings. The van der Waals surface area contributed by atoms with Crippen LogP contribution in [0.15, 0.2) is 30.6 Å². The molecule has 9 heteroatoms. The molecule has 110 valence electrons. The average Bonchev–Trinajstić information content (AvgIpc) is 2.40. The highest BCUT2D eigenvalue weighted by atomic mass is 35.5. The summed E-state index contributed by atoms with van der Waals surface area (Å²) in [6.45, 7) is 0. The van der Waals surface area contributed by atoms with Gasteiger partial charge in [0.05, 0.1) is 28.7 Å². The number of nitrogens with two attached hydrogens (primary N) is 1. The lowest BCUT2D eigenvalue weighted by molar-refractivity contribution is -0.137. The van der Waals surface area contributed by atoms with E-state index in [-0.39, 0.29) is 22.2 Å². The van der Waals surface area contributed by atoms with Crippen molar-refractivity contribution in [1.82, 2.24) is 9.97 Å². The number of nitrogens with one attached hydrogen (secondary N) is 1. The van der Waals surface area contributed by atoms with E-state index in [1.165, 1.54) is 0 Å². The summed E-state index contributed by atoms with van der Waals surface area (Å²) in [5.41, 5.74) is 4.12. The molecule has 0 fully saturated rings. The molecule has 0 saturated heterocycles. The van der Waals surface area contributed by atoms with E-state index in [0.717, 1.165) is 30.6 Å². The van der Waals surface area contributed by atoms with E-state index >= 15 is 0 Å². The number of aromatic nitrogens is 2. The van der Waals surface area contributed by atoms with E-state index < -0.39 is 17.6 Å². The Morgan fingerprint density at radius 2 is 1.95 bits per heavy atom. The number of rotatable bonds is 2. The van der Waals surface area contributed by atoms with Crippen LogP contribution in [0.3, 0.4) is 0 Å². The SMILES string of the molecule is Nc1cnc(C(=O)Nc2cc(C(F)(F)F)ccc2Cl)cn1. The molecule has 1 aromatic heterocycles. The lowest BCUT2D eigenvalue weighted by Gasteiger charge is -2.11. The summed E-state index contributed by atoms with van der Waals surface area (Å²) in [6.07, 6.45) is -2.28. The minimum absolute atomic E-state index is 0.0280. The Hall–Kier alpha value is -2.35. The standard InChI is InChI=1S/C12H8ClF3N4O/c13-7-2-1-6(12(14,15)16)3-8(7)20-11(21)9-4-19-10(17)5-18-9/h1-5H,(H2,17,19)(H,20,21). The van der Waals surface area contributed by atoms with Gasteiger partial charge >= 0.3 is 6.18 Å². The Balaban J connectivity index is 2.26. The Morgan fingerprint density at radius 3 is 2.52 bits per heavy atom. The average molecular weight is 317 g/mol. The second kappa shape index (κ2) is 5.57. The van der Waals surface area contributed by atoms with Gasteiger partial charge in [0.1, 0.15) is 11.5 Å². The topological polar surface area (TPSA) is 80.9 Å². The lowest BCUT2D eigenvalue weighted by Crippen LogP contribution is -2.15. The van der Waals surface area contributed by atoms with Crippen molar-refractivity contribution in [1.29, 1.82) is 0 Å². The van der Waals surface area contributed by atoms with Gasteiger partial charge in [-0.25, -0.2) is 9.97 Å². The van der Waals surface area contributed by atoms with E-state index in [4.69, 9.17) is 17.3 Å². The summed E-state index contributed by atoms with van der Waals surface area (Å²) >= 11 is 5.76. The second-order valence-electron chi connectivity index (χ2n) is 3.97. The minimum Gasteiger partial charge on any atom is -0.382 e. The monoisotopic (exact) mass is 316 g/mol. The van der Waals surface area contributed by atoms with Gasteiger partial charge in [0.15, 0.2) is 0 Å². The summed E-state index contributed by atoms with van der Waals surface area (Å²) in [6, 6.07) is 2.61. The van der Waals surface area contributed by atoms with Crippen LogP contribution in [-0.4, -0.2) is 15.9 Å². The van der Waals surface area contributed by atoms with E-state index in [1.54, 1.807) is 0 Å². The number of nitrogen functional groups attached to an aromatic ring is 1. The van der Waals surface area contributed by atoms with Crippen molar-refractivity contribution < 1.29 is 18.0 Å². The highest BCUT2D eigenvalue weighted by Crippen LogP contribution is 2.33. The molecule has 1 amide bonds. The van der Waals surface area contributed by atoms with Gasteiger partial charge in [-0.05, 0) is 18.2 Å². The molecule has 0 spiro atoms. The van der Waals surface area contributed by atoms with Gasteiger partial charge in [-0.15, -0.1) is 0 Å². The number of carbonyl (C=O) groups excluding carboxylic acids is 1. The molecular weight excluding hydrogens is 309 g/mol. The van der Waals surface area contributed by atoms with Gasteiger partial charge in [0.25, 0.3) is 5.91 Å². The van der Waals surface area contributed by atoms with Crippen LogP contribution in [-0.2, 0) is 6.18 Å². The molecule has 0 saturated carbocycles. The number of halogens is 4. The van der Waals surface area contributed by atoms with E-state index in [0.29, 0.717) is 0 Å². The molecule has 0 bridgehead atoms. The van der Waals surface area contributed by atoms with Gasteiger partial charge in [0.2, 0.25) is 0 Å². The van der Waals surface area contributed by atoms with Crippen molar-refractivity contribution in [2.24, 2.45) is 0 Å². The van der Waals surface area contributed by atoms with E-state index in [1.807, 2.05) is 0 Å². The highest BCUT2D eigenvalue weighted by Gasteiger charge is 2.31. The molecule has 0 radical (unpaired) electrons. The molecule has 1 heterocycles. The third-order valence-corrected chi connectivity index (χ3v) is 2.78. The second-order valence-corrected chi connectivity index (χ2v) is 4.38. The predicted octanol–water partition coefficient (Wildman–Crippen LogP) is 2.98. The number of hydrogen-bond acceptors (Lipinski definition) is 4. The van der Waals surface area contributed by atoms with Crippen LogP contribution < -0.4 is 11.1 Å². The van der Waals surface area contributed by atoms with Crippen LogP contribution in [0.1, 0.15) is 16.1 Å². The summed E-state index contributed by atoms with van der Waals surface area (Å²) < 4.78 is 37.8. The number of carbonyl (C=O) groups is 1. The normalized spacial score (nSPS) is 11.2. The fraction of sp³-hybridized carbons (Fsp3) is 0.0833.